The minimum Gasteiger partial charge on any atom is -0.449 e. The van der Waals surface area contributed by atoms with Gasteiger partial charge in [-0.05, 0) is 37.3 Å². The van der Waals surface area contributed by atoms with E-state index in [-0.39, 0.29) is 30.1 Å². The summed E-state index contributed by atoms with van der Waals surface area (Å²) in [6.45, 7) is 1.22. The lowest BCUT2D eigenvalue weighted by atomic mass is 10.1. The van der Waals surface area contributed by atoms with Crippen molar-refractivity contribution in [3.05, 3.63) is 64.0 Å². The maximum atomic E-state index is 12.9. The van der Waals surface area contributed by atoms with E-state index in [9.17, 15) is 24.1 Å². The molecule has 0 aliphatic heterocycles. The maximum Gasteiger partial charge on any atom is 0.341 e. The van der Waals surface area contributed by atoms with E-state index in [1.807, 2.05) is 0 Å². The van der Waals surface area contributed by atoms with Crippen molar-refractivity contribution in [2.45, 2.75) is 13.0 Å². The number of amides is 1. The van der Waals surface area contributed by atoms with Crippen LogP contribution in [0.2, 0.25) is 0 Å². The molecule has 0 fully saturated rings. The molecule has 9 nitrogen and oxygen atoms in total. The third kappa shape index (κ3) is 5.48. The molecule has 0 bridgehead atoms. The Balaban J connectivity index is 2.13. The Hall–Kier alpha value is -3.53. The summed E-state index contributed by atoms with van der Waals surface area (Å²) in [5.74, 6) is -2.08. The largest absolute Gasteiger partial charge is 0.449 e. The third-order valence-electron chi connectivity index (χ3n) is 3.63. The van der Waals surface area contributed by atoms with Crippen molar-refractivity contribution in [1.29, 1.82) is 0 Å². The van der Waals surface area contributed by atoms with E-state index in [0.29, 0.717) is 5.69 Å². The molecule has 2 rings (SSSR count). The molecule has 3 N–H and O–H groups in total. The number of aliphatic hydroxyl groups is 1. The van der Waals surface area contributed by atoms with Gasteiger partial charge in [0, 0.05) is 30.1 Å². The van der Waals surface area contributed by atoms with Gasteiger partial charge in [0.2, 0.25) is 0 Å². The van der Waals surface area contributed by atoms with Crippen LogP contribution in [0.5, 0.6) is 0 Å². The van der Waals surface area contributed by atoms with Crippen LogP contribution in [0.1, 0.15) is 17.3 Å². The zero-order valence-electron chi connectivity index (χ0n) is 14.8. The molecular formula is C18H18FN3O6. The van der Waals surface area contributed by atoms with Crippen molar-refractivity contribution >= 4 is 28.9 Å². The smallest absolute Gasteiger partial charge is 0.341 e. The number of hydrogen-bond acceptors (Lipinski definition) is 7. The number of nitrogens with one attached hydrogen (secondary N) is 2. The van der Waals surface area contributed by atoms with Gasteiger partial charge < -0.3 is 20.5 Å². The molecule has 0 saturated carbocycles. The quantitative estimate of drug-likeness (QED) is 0.357. The predicted molar refractivity (Wildman–Crippen MR) is 98.6 cm³/mol. The number of non-ortho nitro benzene ring substituents is 1. The highest BCUT2D eigenvalue weighted by molar-refractivity contribution is 6.00. The van der Waals surface area contributed by atoms with E-state index < -0.39 is 28.7 Å². The van der Waals surface area contributed by atoms with Gasteiger partial charge in [0.25, 0.3) is 11.6 Å². The first-order valence-corrected chi connectivity index (χ1v) is 8.22. The van der Waals surface area contributed by atoms with Crippen LogP contribution in [0.15, 0.2) is 42.5 Å². The second-order valence-corrected chi connectivity index (χ2v) is 5.68. The number of halogens is 1. The lowest BCUT2D eigenvalue weighted by Gasteiger charge is -2.15. The van der Waals surface area contributed by atoms with Crippen LogP contribution in [0, 0.1) is 15.9 Å². The van der Waals surface area contributed by atoms with Gasteiger partial charge in [0.15, 0.2) is 6.10 Å². The molecule has 0 aliphatic carbocycles. The van der Waals surface area contributed by atoms with Crippen molar-refractivity contribution in [3.63, 3.8) is 0 Å². The number of carbonyl (C=O) groups excluding carboxylic acids is 2. The van der Waals surface area contributed by atoms with Gasteiger partial charge >= 0.3 is 5.97 Å². The molecular weight excluding hydrogens is 373 g/mol. The van der Waals surface area contributed by atoms with Crippen molar-refractivity contribution in [3.8, 4) is 0 Å². The monoisotopic (exact) mass is 391 g/mol. The SMILES string of the molecule is CC(OC(=O)c1cc([N+](=O)[O-])ccc1NCCO)C(=O)Nc1ccc(F)cc1. The molecule has 1 unspecified atom stereocenters. The van der Waals surface area contributed by atoms with Crippen LogP contribution in [0.3, 0.4) is 0 Å². The fourth-order valence-electron chi connectivity index (χ4n) is 2.21. The number of nitrogens with zero attached hydrogens (tertiary/aromatic N) is 1. The average Bonchev–Trinajstić information content (AvgIpc) is 2.67. The Bertz CT molecular complexity index is 872. The Kier molecular flexibility index (Phi) is 6.99. The van der Waals surface area contributed by atoms with E-state index in [1.54, 1.807) is 0 Å². The first kappa shape index (κ1) is 20.8. The minimum atomic E-state index is -1.22. The summed E-state index contributed by atoms with van der Waals surface area (Å²) < 4.78 is 18.0. The number of ether oxygens (including phenoxy) is 1. The van der Waals surface area contributed by atoms with Crippen molar-refractivity contribution < 1.29 is 28.7 Å². The molecule has 2 aromatic carbocycles. The molecule has 1 atom stereocenters. The number of carbonyl (C=O) groups is 2. The van der Waals surface area contributed by atoms with Gasteiger partial charge in [-0.3, -0.25) is 14.9 Å². The molecule has 0 aromatic heterocycles. The van der Waals surface area contributed by atoms with E-state index in [1.165, 1.54) is 31.2 Å². The van der Waals surface area contributed by atoms with E-state index in [2.05, 4.69) is 10.6 Å². The lowest BCUT2D eigenvalue weighted by molar-refractivity contribution is -0.384. The third-order valence-corrected chi connectivity index (χ3v) is 3.63. The van der Waals surface area contributed by atoms with Crippen molar-refractivity contribution in [2.75, 3.05) is 23.8 Å². The van der Waals surface area contributed by atoms with Gasteiger partial charge in [-0.15, -0.1) is 0 Å². The van der Waals surface area contributed by atoms with Gasteiger partial charge in [0.1, 0.15) is 5.82 Å². The van der Waals surface area contributed by atoms with Gasteiger partial charge in [-0.25, -0.2) is 9.18 Å². The first-order chi connectivity index (χ1) is 13.3. The molecule has 2 aromatic rings. The fourth-order valence-corrected chi connectivity index (χ4v) is 2.21. The summed E-state index contributed by atoms with van der Waals surface area (Å²) in [7, 11) is 0. The summed E-state index contributed by atoms with van der Waals surface area (Å²) in [6.07, 6.45) is -1.22. The Morgan fingerprint density at radius 3 is 2.54 bits per heavy atom. The van der Waals surface area contributed by atoms with Crippen LogP contribution in [-0.4, -0.2) is 41.2 Å². The summed E-state index contributed by atoms with van der Waals surface area (Å²) in [5, 5.41) is 25.1. The number of hydrogen-bond donors (Lipinski definition) is 3. The number of nitro groups is 1. The summed E-state index contributed by atoms with van der Waals surface area (Å²) in [6, 6.07) is 8.54. The van der Waals surface area contributed by atoms with Crippen molar-refractivity contribution in [2.24, 2.45) is 0 Å². The molecule has 10 heteroatoms. The zero-order valence-corrected chi connectivity index (χ0v) is 14.8. The number of aliphatic hydroxyl groups excluding tert-OH is 1. The molecule has 148 valence electrons. The number of esters is 1. The first-order valence-electron chi connectivity index (χ1n) is 8.22. The molecule has 1 amide bonds. The normalized spacial score (nSPS) is 11.4. The average molecular weight is 391 g/mol. The summed E-state index contributed by atoms with van der Waals surface area (Å²) >= 11 is 0. The molecule has 0 spiro atoms. The number of rotatable bonds is 8. The second-order valence-electron chi connectivity index (χ2n) is 5.68. The predicted octanol–water partition coefficient (Wildman–Crippen LogP) is 2.32. The van der Waals surface area contributed by atoms with E-state index >= 15 is 0 Å². The van der Waals surface area contributed by atoms with Crippen LogP contribution in [-0.2, 0) is 9.53 Å². The number of nitro benzene ring substituents is 1. The van der Waals surface area contributed by atoms with Crippen LogP contribution >= 0.6 is 0 Å². The lowest BCUT2D eigenvalue weighted by Crippen LogP contribution is -2.30. The molecule has 0 aliphatic rings. The standard InChI is InChI=1S/C18H18FN3O6/c1-11(17(24)21-13-4-2-12(19)3-5-13)28-18(25)15-10-14(22(26)27)6-7-16(15)20-8-9-23/h2-7,10-11,20,23H,8-9H2,1H3,(H,21,24). The Labute approximate surface area is 159 Å². The molecule has 28 heavy (non-hydrogen) atoms. The highest BCUT2D eigenvalue weighted by Gasteiger charge is 2.23. The van der Waals surface area contributed by atoms with Crippen molar-refractivity contribution in [1.82, 2.24) is 0 Å². The number of benzene rings is 2. The van der Waals surface area contributed by atoms with E-state index in [4.69, 9.17) is 9.84 Å². The Morgan fingerprint density at radius 2 is 1.93 bits per heavy atom. The Morgan fingerprint density at radius 1 is 1.25 bits per heavy atom. The topological polar surface area (TPSA) is 131 Å². The molecule has 0 radical (unpaired) electrons. The fraction of sp³-hybridized carbons (Fsp3) is 0.222. The van der Waals surface area contributed by atoms with Crippen LogP contribution in [0.25, 0.3) is 0 Å². The van der Waals surface area contributed by atoms with Gasteiger partial charge in [-0.1, -0.05) is 0 Å². The zero-order chi connectivity index (χ0) is 20.7. The summed E-state index contributed by atoms with van der Waals surface area (Å²) in [4.78, 5) is 34.9. The molecule has 0 heterocycles. The maximum absolute atomic E-state index is 12.9. The minimum absolute atomic E-state index is 0.110. The van der Waals surface area contributed by atoms with Crippen LogP contribution in [0.4, 0.5) is 21.5 Å². The second kappa shape index (κ2) is 9.42. The summed E-state index contributed by atoms with van der Waals surface area (Å²) in [5.41, 5.74) is 0.0553. The van der Waals surface area contributed by atoms with Crippen LogP contribution < -0.4 is 10.6 Å². The van der Waals surface area contributed by atoms with Gasteiger partial charge in [0.05, 0.1) is 17.1 Å². The number of anilines is 2. The van der Waals surface area contributed by atoms with Gasteiger partial charge in [-0.2, -0.15) is 0 Å². The highest BCUT2D eigenvalue weighted by atomic mass is 19.1. The van der Waals surface area contributed by atoms with E-state index in [0.717, 1.165) is 18.2 Å². The molecule has 0 saturated heterocycles. The highest BCUT2D eigenvalue weighted by Crippen LogP contribution is 2.23.